The zero-order valence-corrected chi connectivity index (χ0v) is 15.8. The summed E-state index contributed by atoms with van der Waals surface area (Å²) in [6, 6.07) is 13.5. The molecule has 2 aromatic carbocycles. The number of benzene rings is 2. The van der Waals surface area contributed by atoms with Crippen LogP contribution < -0.4 is 14.2 Å². The fourth-order valence-corrected chi connectivity index (χ4v) is 3.00. The third-order valence-electron chi connectivity index (χ3n) is 4.55. The lowest BCUT2D eigenvalue weighted by Crippen LogP contribution is -2.09. The maximum Gasteiger partial charge on any atom is 0.343 e. The Morgan fingerprint density at radius 1 is 1.10 bits per heavy atom. The first kappa shape index (κ1) is 18.4. The number of Topliss-reactive ketones (excluding diaryl/α,β-unsaturated/α-hetero) is 1. The third-order valence-corrected chi connectivity index (χ3v) is 4.55. The van der Waals surface area contributed by atoms with Crippen LogP contribution in [0.1, 0.15) is 31.8 Å². The number of aromatic nitrogens is 1. The Kier molecular flexibility index (Phi) is 4.83. The number of ether oxygens (including phenoxy) is 3. The Balaban J connectivity index is 1.60. The van der Waals surface area contributed by atoms with Crippen molar-refractivity contribution in [3.8, 4) is 17.2 Å². The molecule has 2 heterocycles. The van der Waals surface area contributed by atoms with Gasteiger partial charge in [0.1, 0.15) is 17.2 Å². The molecular formula is C23H17NO5. The summed E-state index contributed by atoms with van der Waals surface area (Å²) in [4.78, 5) is 29.1. The number of hydrogen-bond acceptors (Lipinski definition) is 6. The highest BCUT2D eigenvalue weighted by Crippen LogP contribution is 2.39. The van der Waals surface area contributed by atoms with Crippen molar-refractivity contribution in [1.82, 2.24) is 4.98 Å². The molecule has 0 amide bonds. The average molecular weight is 387 g/mol. The van der Waals surface area contributed by atoms with Gasteiger partial charge in [-0.3, -0.25) is 9.78 Å². The zero-order chi connectivity index (χ0) is 20.4. The maximum atomic E-state index is 12.6. The van der Waals surface area contributed by atoms with E-state index in [1.165, 1.54) is 7.11 Å². The van der Waals surface area contributed by atoms with E-state index in [2.05, 4.69) is 4.98 Å². The van der Waals surface area contributed by atoms with Gasteiger partial charge in [0.05, 0.1) is 18.2 Å². The van der Waals surface area contributed by atoms with Crippen LogP contribution in [0, 0.1) is 6.92 Å². The number of ketones is 1. The minimum atomic E-state index is -0.524. The topological polar surface area (TPSA) is 74.7 Å². The van der Waals surface area contributed by atoms with Gasteiger partial charge in [-0.1, -0.05) is 6.07 Å². The number of rotatable bonds is 4. The molecule has 0 spiro atoms. The van der Waals surface area contributed by atoms with E-state index in [1.807, 2.05) is 0 Å². The molecule has 6 nitrogen and oxygen atoms in total. The van der Waals surface area contributed by atoms with Crippen LogP contribution in [-0.2, 0) is 0 Å². The Bertz CT molecular complexity index is 1140. The van der Waals surface area contributed by atoms with Crippen LogP contribution in [0.4, 0.5) is 0 Å². The summed E-state index contributed by atoms with van der Waals surface area (Å²) in [6.07, 6.45) is 4.94. The predicted octanol–water partition coefficient (Wildman–Crippen LogP) is 4.23. The van der Waals surface area contributed by atoms with E-state index in [0.717, 1.165) is 5.56 Å². The van der Waals surface area contributed by atoms with Crippen LogP contribution in [0.25, 0.3) is 6.08 Å². The van der Waals surface area contributed by atoms with Crippen LogP contribution in [0.2, 0.25) is 0 Å². The summed E-state index contributed by atoms with van der Waals surface area (Å²) < 4.78 is 16.5. The second kappa shape index (κ2) is 7.59. The lowest BCUT2D eigenvalue weighted by atomic mass is 10.1. The minimum absolute atomic E-state index is 0.213. The molecule has 144 valence electrons. The number of nitrogens with zero attached hydrogens (tertiary/aromatic N) is 1. The van der Waals surface area contributed by atoms with Crippen LogP contribution in [0.3, 0.4) is 0 Å². The van der Waals surface area contributed by atoms with E-state index < -0.39 is 5.97 Å². The Morgan fingerprint density at radius 3 is 2.66 bits per heavy atom. The van der Waals surface area contributed by atoms with Crippen molar-refractivity contribution in [1.29, 1.82) is 0 Å². The molecule has 0 atom stereocenters. The first-order valence-electron chi connectivity index (χ1n) is 8.91. The molecule has 6 heteroatoms. The van der Waals surface area contributed by atoms with Crippen molar-refractivity contribution in [3.63, 3.8) is 0 Å². The first-order valence-corrected chi connectivity index (χ1v) is 8.91. The van der Waals surface area contributed by atoms with Crippen molar-refractivity contribution in [2.75, 3.05) is 7.11 Å². The summed E-state index contributed by atoms with van der Waals surface area (Å²) in [7, 11) is 1.53. The first-order chi connectivity index (χ1) is 14.1. The van der Waals surface area contributed by atoms with E-state index in [4.69, 9.17) is 14.2 Å². The van der Waals surface area contributed by atoms with Gasteiger partial charge in [0.2, 0.25) is 5.78 Å². The van der Waals surface area contributed by atoms with E-state index in [-0.39, 0.29) is 11.5 Å². The van der Waals surface area contributed by atoms with Gasteiger partial charge < -0.3 is 14.2 Å². The van der Waals surface area contributed by atoms with Gasteiger partial charge in [0.15, 0.2) is 5.76 Å². The molecule has 4 rings (SSSR count). The molecule has 0 saturated heterocycles. The van der Waals surface area contributed by atoms with Gasteiger partial charge in [-0.05, 0) is 61.0 Å². The van der Waals surface area contributed by atoms with Gasteiger partial charge in [-0.25, -0.2) is 4.79 Å². The van der Waals surface area contributed by atoms with Gasteiger partial charge in [-0.15, -0.1) is 0 Å². The number of allylic oxidation sites excluding steroid dienone is 1. The van der Waals surface area contributed by atoms with Crippen molar-refractivity contribution in [2.45, 2.75) is 6.92 Å². The van der Waals surface area contributed by atoms with Crippen molar-refractivity contribution < 1.29 is 23.8 Å². The van der Waals surface area contributed by atoms with Gasteiger partial charge in [0.25, 0.3) is 0 Å². The fraction of sp³-hybridized carbons (Fsp3) is 0.0870. The summed E-state index contributed by atoms with van der Waals surface area (Å²) in [6.45, 7) is 1.75. The smallest absolute Gasteiger partial charge is 0.343 e. The summed E-state index contributed by atoms with van der Waals surface area (Å²) in [5, 5.41) is 0. The molecule has 1 aromatic heterocycles. The zero-order valence-electron chi connectivity index (χ0n) is 15.8. The molecule has 29 heavy (non-hydrogen) atoms. The quantitative estimate of drug-likeness (QED) is 0.379. The van der Waals surface area contributed by atoms with Gasteiger partial charge in [0, 0.05) is 18.0 Å². The Morgan fingerprint density at radius 2 is 1.90 bits per heavy atom. The second-order valence-corrected chi connectivity index (χ2v) is 6.41. The van der Waals surface area contributed by atoms with E-state index in [9.17, 15) is 9.59 Å². The van der Waals surface area contributed by atoms with E-state index >= 15 is 0 Å². The second-order valence-electron chi connectivity index (χ2n) is 6.41. The molecule has 0 N–H and O–H groups in total. The highest BCUT2D eigenvalue weighted by atomic mass is 16.5. The summed E-state index contributed by atoms with van der Waals surface area (Å²) in [5.74, 6) is 0.755. The molecule has 3 aromatic rings. The van der Waals surface area contributed by atoms with Crippen molar-refractivity contribution in [3.05, 3.63) is 88.9 Å². The predicted molar refractivity (Wildman–Crippen MR) is 106 cm³/mol. The number of hydrogen-bond donors (Lipinski definition) is 0. The number of fused-ring (bicyclic) bond motifs is 1. The van der Waals surface area contributed by atoms with Crippen LogP contribution in [-0.4, -0.2) is 23.8 Å². The lowest BCUT2D eigenvalue weighted by molar-refractivity contribution is 0.0732. The van der Waals surface area contributed by atoms with Gasteiger partial charge >= 0.3 is 5.97 Å². The average Bonchev–Trinajstić information content (AvgIpc) is 3.07. The molecule has 0 bridgehead atoms. The Hall–Kier alpha value is -3.93. The highest BCUT2D eigenvalue weighted by molar-refractivity contribution is 6.15. The molecule has 0 aliphatic carbocycles. The number of carbonyl (C=O) groups is 2. The van der Waals surface area contributed by atoms with Gasteiger partial charge in [-0.2, -0.15) is 0 Å². The molecule has 1 aliphatic rings. The minimum Gasteiger partial charge on any atom is -0.497 e. The molecule has 0 unspecified atom stereocenters. The van der Waals surface area contributed by atoms with Crippen molar-refractivity contribution in [2.24, 2.45) is 0 Å². The number of methoxy groups -OCH3 is 1. The summed E-state index contributed by atoms with van der Waals surface area (Å²) >= 11 is 0. The maximum absolute atomic E-state index is 12.6. The van der Waals surface area contributed by atoms with Crippen LogP contribution in [0.5, 0.6) is 17.2 Å². The lowest BCUT2D eigenvalue weighted by Gasteiger charge is -2.10. The SMILES string of the molecule is COc1cccc(C(=O)Oc2ccc3c(c2C)O/C(=C\c2ccncc2)C3=O)c1. The largest absolute Gasteiger partial charge is 0.497 e. The number of carbonyl (C=O) groups excluding carboxylic acids is 2. The molecule has 1 aliphatic heterocycles. The summed E-state index contributed by atoms with van der Waals surface area (Å²) in [5.41, 5.74) is 2.17. The fourth-order valence-electron chi connectivity index (χ4n) is 3.00. The van der Waals surface area contributed by atoms with Crippen molar-refractivity contribution >= 4 is 17.8 Å². The standard InChI is InChI=1S/C23H17NO5/c1-14-19(29-23(26)16-4-3-5-17(13-16)27-2)7-6-18-21(25)20(28-22(14)18)12-15-8-10-24-11-9-15/h3-13H,1-2H3/b20-12-. The van der Waals surface area contributed by atoms with Crippen LogP contribution in [0.15, 0.2) is 66.7 Å². The Labute approximate surface area is 167 Å². The van der Waals surface area contributed by atoms with E-state index in [0.29, 0.717) is 33.9 Å². The highest BCUT2D eigenvalue weighted by Gasteiger charge is 2.30. The number of esters is 1. The normalized spacial score (nSPS) is 13.7. The number of pyridine rings is 1. The molecule has 0 fully saturated rings. The monoisotopic (exact) mass is 387 g/mol. The third kappa shape index (κ3) is 3.60. The van der Waals surface area contributed by atoms with E-state index in [1.54, 1.807) is 73.9 Å². The van der Waals surface area contributed by atoms with Crippen LogP contribution >= 0.6 is 0 Å². The molecule has 0 saturated carbocycles. The molecule has 0 radical (unpaired) electrons. The molecular weight excluding hydrogens is 370 g/mol.